The minimum Gasteiger partial charge on any atom is -0.350 e. The van der Waals surface area contributed by atoms with Crippen LogP contribution in [0.1, 0.15) is 41.0 Å². The Kier molecular flexibility index (Phi) is 4.59. The third-order valence-electron chi connectivity index (χ3n) is 5.59. The maximum Gasteiger partial charge on any atom is 0.292 e. The second-order valence-electron chi connectivity index (χ2n) is 7.48. The highest BCUT2D eigenvalue weighted by atomic mass is 19.1. The number of piperidine rings is 1. The van der Waals surface area contributed by atoms with E-state index in [1.807, 2.05) is 0 Å². The second-order valence-corrected chi connectivity index (χ2v) is 7.48. The zero-order chi connectivity index (χ0) is 19.8. The van der Waals surface area contributed by atoms with Crippen molar-refractivity contribution in [3.05, 3.63) is 53.6 Å². The molecule has 5 rings (SSSR count). The first kappa shape index (κ1) is 18.0. The first-order chi connectivity index (χ1) is 14.2. The maximum atomic E-state index is 13.1. The number of hydrogen-bond acceptors (Lipinski definition) is 6. The van der Waals surface area contributed by atoms with Gasteiger partial charge in [-0.15, -0.1) is 10.2 Å². The van der Waals surface area contributed by atoms with Gasteiger partial charge in [-0.3, -0.25) is 4.79 Å². The van der Waals surface area contributed by atoms with E-state index in [-0.39, 0.29) is 23.4 Å². The minimum atomic E-state index is -0.320. The molecule has 1 N–H and O–H groups in total. The summed E-state index contributed by atoms with van der Waals surface area (Å²) in [7, 11) is 0. The first-order valence-corrected chi connectivity index (χ1v) is 9.83. The van der Waals surface area contributed by atoms with E-state index in [1.165, 1.54) is 12.1 Å². The van der Waals surface area contributed by atoms with Crippen molar-refractivity contribution in [2.45, 2.75) is 31.8 Å². The predicted molar refractivity (Wildman–Crippen MR) is 102 cm³/mol. The van der Waals surface area contributed by atoms with Crippen LogP contribution in [0.5, 0.6) is 0 Å². The van der Waals surface area contributed by atoms with E-state index >= 15 is 0 Å². The molecule has 1 atom stereocenters. The summed E-state index contributed by atoms with van der Waals surface area (Å²) >= 11 is 0. The van der Waals surface area contributed by atoms with E-state index in [4.69, 9.17) is 4.52 Å². The molecule has 1 saturated heterocycles. The van der Waals surface area contributed by atoms with E-state index in [0.29, 0.717) is 24.3 Å². The van der Waals surface area contributed by atoms with E-state index in [0.717, 1.165) is 44.1 Å². The Bertz CT molecular complexity index is 1030. The van der Waals surface area contributed by atoms with Crippen LogP contribution in [0.15, 0.2) is 34.9 Å². The van der Waals surface area contributed by atoms with E-state index in [2.05, 4.69) is 25.2 Å². The number of amides is 1. The van der Waals surface area contributed by atoms with Gasteiger partial charge in [0.25, 0.3) is 5.91 Å². The molecule has 0 saturated carbocycles. The van der Waals surface area contributed by atoms with Crippen LogP contribution >= 0.6 is 0 Å². The number of hydrogen-bond donors (Lipinski definition) is 1. The largest absolute Gasteiger partial charge is 0.350 e. The molecule has 3 aromatic rings. The van der Waals surface area contributed by atoms with Gasteiger partial charge >= 0.3 is 0 Å². The van der Waals surface area contributed by atoms with Gasteiger partial charge in [0.1, 0.15) is 23.2 Å². The van der Waals surface area contributed by atoms with Crippen LogP contribution in [0, 0.1) is 5.82 Å². The summed E-state index contributed by atoms with van der Waals surface area (Å²) in [4.78, 5) is 14.8. The normalized spacial score (nSPS) is 19.2. The summed E-state index contributed by atoms with van der Waals surface area (Å²) in [6.07, 6.45) is 1.88. The number of benzene rings is 1. The molecule has 1 aromatic carbocycles. The van der Waals surface area contributed by atoms with Crippen LogP contribution in [-0.4, -0.2) is 50.4 Å². The monoisotopic (exact) mass is 396 g/mol. The van der Waals surface area contributed by atoms with Crippen molar-refractivity contribution < 1.29 is 13.7 Å². The molecule has 4 heterocycles. The van der Waals surface area contributed by atoms with Gasteiger partial charge in [0.2, 0.25) is 5.76 Å². The van der Waals surface area contributed by atoms with Crippen molar-refractivity contribution in [3.63, 3.8) is 0 Å². The quantitative estimate of drug-likeness (QED) is 0.730. The number of halogens is 1. The Balaban J connectivity index is 1.33. The SMILES string of the molecule is O=C(c1cc(-c2ccc(F)cc2)no1)N1CCC[C@H](c2nnc3n2CCNC3)C1. The third kappa shape index (κ3) is 3.42. The molecule has 9 heteroatoms. The Morgan fingerprint density at radius 2 is 2.07 bits per heavy atom. The van der Waals surface area contributed by atoms with Gasteiger partial charge in [0.05, 0.1) is 6.54 Å². The molecule has 150 valence electrons. The van der Waals surface area contributed by atoms with Crippen LogP contribution in [0.2, 0.25) is 0 Å². The topological polar surface area (TPSA) is 89.1 Å². The summed E-state index contributed by atoms with van der Waals surface area (Å²) in [5.74, 6) is 1.76. The zero-order valence-corrected chi connectivity index (χ0v) is 15.8. The molecule has 0 aliphatic carbocycles. The van der Waals surface area contributed by atoms with Crippen molar-refractivity contribution in [2.24, 2.45) is 0 Å². The molecule has 0 unspecified atom stereocenters. The highest BCUT2D eigenvalue weighted by Gasteiger charge is 2.31. The Labute approximate surface area is 166 Å². The molecule has 1 fully saturated rings. The predicted octanol–water partition coefficient (Wildman–Crippen LogP) is 2.20. The van der Waals surface area contributed by atoms with Gasteiger partial charge in [-0.2, -0.15) is 0 Å². The standard InChI is InChI=1S/C20H21FN6O2/c21-15-5-3-13(4-6-15)16-10-17(29-25-16)20(28)26-8-1-2-14(12-26)19-24-23-18-11-22-7-9-27(18)19/h3-6,10,14,22H,1-2,7-9,11-12H2/t14-/m0/s1. The smallest absolute Gasteiger partial charge is 0.292 e. The van der Waals surface area contributed by atoms with Crippen LogP contribution in [-0.2, 0) is 13.1 Å². The van der Waals surface area contributed by atoms with Gasteiger partial charge in [-0.05, 0) is 37.1 Å². The fourth-order valence-electron chi connectivity index (χ4n) is 4.08. The number of fused-ring (bicyclic) bond motifs is 1. The lowest BCUT2D eigenvalue weighted by atomic mass is 9.96. The zero-order valence-electron chi connectivity index (χ0n) is 15.8. The Morgan fingerprint density at radius 1 is 1.21 bits per heavy atom. The molecule has 2 aliphatic heterocycles. The summed E-state index contributed by atoms with van der Waals surface area (Å²) < 4.78 is 20.6. The van der Waals surface area contributed by atoms with Crippen molar-refractivity contribution in [3.8, 4) is 11.3 Å². The number of carbonyl (C=O) groups is 1. The van der Waals surface area contributed by atoms with Crippen molar-refractivity contribution in [1.82, 2.24) is 30.1 Å². The fourth-order valence-corrected chi connectivity index (χ4v) is 4.08. The Morgan fingerprint density at radius 3 is 2.93 bits per heavy atom. The van der Waals surface area contributed by atoms with E-state index < -0.39 is 0 Å². The molecule has 0 spiro atoms. The van der Waals surface area contributed by atoms with Crippen LogP contribution in [0.4, 0.5) is 4.39 Å². The summed E-state index contributed by atoms with van der Waals surface area (Å²) in [5, 5.41) is 16.0. The van der Waals surface area contributed by atoms with Gasteiger partial charge in [-0.1, -0.05) is 5.16 Å². The number of nitrogens with one attached hydrogen (secondary N) is 1. The fraction of sp³-hybridized carbons (Fsp3) is 0.400. The second kappa shape index (κ2) is 7.40. The highest BCUT2D eigenvalue weighted by molar-refractivity contribution is 5.92. The molecule has 0 radical (unpaired) electrons. The maximum absolute atomic E-state index is 13.1. The Hall–Kier alpha value is -3.07. The summed E-state index contributed by atoms with van der Waals surface area (Å²) in [5.41, 5.74) is 1.22. The lowest BCUT2D eigenvalue weighted by Gasteiger charge is -2.32. The number of aromatic nitrogens is 4. The highest BCUT2D eigenvalue weighted by Crippen LogP contribution is 2.28. The molecule has 2 aliphatic rings. The molecule has 1 amide bonds. The lowest BCUT2D eigenvalue weighted by molar-refractivity contribution is 0.0661. The van der Waals surface area contributed by atoms with Gasteiger partial charge in [-0.25, -0.2) is 4.39 Å². The molecular formula is C20H21FN6O2. The molecule has 0 bridgehead atoms. The van der Waals surface area contributed by atoms with Crippen molar-refractivity contribution in [2.75, 3.05) is 19.6 Å². The third-order valence-corrected chi connectivity index (χ3v) is 5.59. The van der Waals surface area contributed by atoms with Crippen molar-refractivity contribution in [1.29, 1.82) is 0 Å². The summed E-state index contributed by atoms with van der Waals surface area (Å²) in [6, 6.07) is 7.55. The number of likely N-dealkylation sites (tertiary alicyclic amines) is 1. The van der Waals surface area contributed by atoms with E-state index in [1.54, 1.807) is 23.1 Å². The summed E-state index contributed by atoms with van der Waals surface area (Å²) in [6.45, 7) is 3.73. The van der Waals surface area contributed by atoms with Gasteiger partial charge in [0, 0.05) is 43.7 Å². The first-order valence-electron chi connectivity index (χ1n) is 9.83. The minimum absolute atomic E-state index is 0.159. The lowest BCUT2D eigenvalue weighted by Crippen LogP contribution is -2.40. The van der Waals surface area contributed by atoms with Crippen molar-refractivity contribution >= 4 is 5.91 Å². The number of nitrogens with zero attached hydrogens (tertiary/aromatic N) is 5. The average Bonchev–Trinajstić information content (AvgIpc) is 3.41. The van der Waals surface area contributed by atoms with Gasteiger partial charge < -0.3 is 19.3 Å². The van der Waals surface area contributed by atoms with Crippen LogP contribution in [0.25, 0.3) is 11.3 Å². The number of rotatable bonds is 3. The molecule has 2 aromatic heterocycles. The average molecular weight is 396 g/mol. The van der Waals surface area contributed by atoms with Gasteiger partial charge in [0.15, 0.2) is 0 Å². The van der Waals surface area contributed by atoms with Crippen LogP contribution in [0.3, 0.4) is 0 Å². The number of carbonyl (C=O) groups excluding carboxylic acids is 1. The van der Waals surface area contributed by atoms with E-state index in [9.17, 15) is 9.18 Å². The van der Waals surface area contributed by atoms with Crippen LogP contribution < -0.4 is 5.32 Å². The molecule has 29 heavy (non-hydrogen) atoms. The molecular weight excluding hydrogens is 375 g/mol. The molecule has 8 nitrogen and oxygen atoms in total.